The summed E-state index contributed by atoms with van der Waals surface area (Å²) in [7, 11) is 0. The van der Waals surface area contributed by atoms with Gasteiger partial charge in [-0.1, -0.05) is 51.6 Å². The lowest BCUT2D eigenvalue weighted by Crippen LogP contribution is -2.40. The maximum absolute atomic E-state index is 12.9. The van der Waals surface area contributed by atoms with E-state index in [2.05, 4.69) is 22.5 Å². The topological polar surface area (TPSA) is 91.4 Å². The zero-order valence-electron chi connectivity index (χ0n) is 19.5. The van der Waals surface area contributed by atoms with Crippen molar-refractivity contribution in [3.63, 3.8) is 0 Å². The number of carbonyl (C=O) groups is 3. The summed E-state index contributed by atoms with van der Waals surface area (Å²) < 4.78 is 0. The fourth-order valence-electron chi connectivity index (χ4n) is 3.22. The van der Waals surface area contributed by atoms with Gasteiger partial charge in [0.25, 0.3) is 5.91 Å². The van der Waals surface area contributed by atoms with Crippen LogP contribution < -0.4 is 10.6 Å². The standard InChI is InChI=1S/C24H33ClN4O3S/c1-4-5-6-7-12-26-21(30)13-20-16-33-24(27-20)28-22(31)15-29(14-17(2)3)23(32)18-8-10-19(25)11-9-18/h8-11,16-17H,4-7,12-15H2,1-3H3,(H,26,30)(H,27,28,31). The van der Waals surface area contributed by atoms with Gasteiger partial charge in [-0.3, -0.25) is 14.4 Å². The van der Waals surface area contributed by atoms with Crippen molar-refractivity contribution in [2.24, 2.45) is 5.92 Å². The van der Waals surface area contributed by atoms with Crippen LogP contribution in [0.3, 0.4) is 0 Å². The van der Waals surface area contributed by atoms with Gasteiger partial charge in [-0.25, -0.2) is 4.98 Å². The molecule has 0 saturated heterocycles. The van der Waals surface area contributed by atoms with Crippen LogP contribution in [0.1, 0.15) is 62.5 Å². The van der Waals surface area contributed by atoms with Gasteiger partial charge in [0.2, 0.25) is 11.8 Å². The van der Waals surface area contributed by atoms with Gasteiger partial charge in [-0.15, -0.1) is 11.3 Å². The molecule has 2 N–H and O–H groups in total. The van der Waals surface area contributed by atoms with E-state index in [1.165, 1.54) is 22.7 Å². The second-order valence-corrected chi connectivity index (χ2v) is 9.66. The highest BCUT2D eigenvalue weighted by atomic mass is 35.5. The minimum Gasteiger partial charge on any atom is -0.356 e. The Kier molecular flexibility index (Phi) is 11.3. The van der Waals surface area contributed by atoms with Crippen LogP contribution in [-0.4, -0.2) is 47.2 Å². The number of nitrogens with one attached hydrogen (secondary N) is 2. The summed E-state index contributed by atoms with van der Waals surface area (Å²) in [5.74, 6) is -0.447. The van der Waals surface area contributed by atoms with Gasteiger partial charge in [0.1, 0.15) is 6.54 Å². The molecule has 0 bridgehead atoms. The highest BCUT2D eigenvalue weighted by Crippen LogP contribution is 2.17. The molecule has 0 unspecified atom stereocenters. The van der Waals surface area contributed by atoms with E-state index in [0.29, 0.717) is 34.5 Å². The third-order valence-electron chi connectivity index (χ3n) is 4.79. The Morgan fingerprint density at radius 3 is 2.48 bits per heavy atom. The summed E-state index contributed by atoms with van der Waals surface area (Å²) in [6.45, 7) is 7.14. The Morgan fingerprint density at radius 1 is 1.09 bits per heavy atom. The van der Waals surface area contributed by atoms with Crippen molar-refractivity contribution < 1.29 is 14.4 Å². The number of rotatable bonds is 13. The molecule has 33 heavy (non-hydrogen) atoms. The number of hydrogen-bond acceptors (Lipinski definition) is 5. The summed E-state index contributed by atoms with van der Waals surface area (Å²) in [5.41, 5.74) is 1.09. The van der Waals surface area contributed by atoms with Gasteiger partial charge < -0.3 is 15.5 Å². The summed E-state index contributed by atoms with van der Waals surface area (Å²) in [5, 5.41) is 8.36. The SMILES string of the molecule is CCCCCCNC(=O)Cc1csc(NC(=O)CN(CC(C)C)C(=O)c2ccc(Cl)cc2)n1. The van der Waals surface area contributed by atoms with E-state index in [1.54, 1.807) is 29.6 Å². The number of amides is 3. The fraction of sp³-hybridized carbons (Fsp3) is 0.500. The molecule has 0 spiro atoms. The Balaban J connectivity index is 1.88. The average molecular weight is 493 g/mol. The van der Waals surface area contributed by atoms with Gasteiger partial charge in [0, 0.05) is 29.1 Å². The largest absolute Gasteiger partial charge is 0.356 e. The molecule has 2 rings (SSSR count). The number of aromatic nitrogens is 1. The van der Waals surface area contributed by atoms with Crippen molar-refractivity contribution in [3.05, 3.63) is 45.9 Å². The fourth-order valence-corrected chi connectivity index (χ4v) is 4.07. The van der Waals surface area contributed by atoms with E-state index in [4.69, 9.17) is 11.6 Å². The van der Waals surface area contributed by atoms with Crippen LogP contribution in [0, 0.1) is 5.92 Å². The predicted octanol–water partition coefficient (Wildman–Crippen LogP) is 4.77. The lowest BCUT2D eigenvalue weighted by Gasteiger charge is -2.24. The molecule has 1 aromatic carbocycles. The molecule has 0 saturated carbocycles. The number of thiazole rings is 1. The zero-order chi connectivity index (χ0) is 24.2. The second kappa shape index (κ2) is 14.0. The summed E-state index contributed by atoms with van der Waals surface area (Å²) in [4.78, 5) is 43.4. The molecule has 9 heteroatoms. The van der Waals surface area contributed by atoms with Crippen molar-refractivity contribution in [2.75, 3.05) is 25.0 Å². The summed E-state index contributed by atoms with van der Waals surface area (Å²) in [6, 6.07) is 6.61. The first-order valence-electron chi connectivity index (χ1n) is 11.3. The van der Waals surface area contributed by atoms with Crippen LogP contribution in [0.5, 0.6) is 0 Å². The van der Waals surface area contributed by atoms with Crippen LogP contribution in [-0.2, 0) is 16.0 Å². The molecule has 0 aliphatic carbocycles. The molecule has 2 aromatic rings. The van der Waals surface area contributed by atoms with E-state index in [9.17, 15) is 14.4 Å². The first-order valence-corrected chi connectivity index (χ1v) is 12.6. The van der Waals surface area contributed by atoms with Gasteiger partial charge in [-0.2, -0.15) is 0 Å². The first-order chi connectivity index (χ1) is 15.8. The zero-order valence-corrected chi connectivity index (χ0v) is 21.1. The molecule has 1 heterocycles. The van der Waals surface area contributed by atoms with Gasteiger partial charge >= 0.3 is 0 Å². The molecular weight excluding hydrogens is 460 g/mol. The minimum atomic E-state index is -0.334. The van der Waals surface area contributed by atoms with Crippen LogP contribution in [0.25, 0.3) is 0 Å². The molecular formula is C24H33ClN4O3S. The van der Waals surface area contributed by atoms with Crippen LogP contribution in [0.15, 0.2) is 29.6 Å². The maximum atomic E-state index is 12.9. The normalized spacial score (nSPS) is 10.8. The minimum absolute atomic E-state index is 0.0775. The average Bonchev–Trinajstić information content (AvgIpc) is 3.19. The van der Waals surface area contributed by atoms with Crippen LogP contribution >= 0.6 is 22.9 Å². The number of anilines is 1. The molecule has 180 valence electrons. The van der Waals surface area contributed by atoms with E-state index in [0.717, 1.165) is 19.3 Å². The number of unbranched alkanes of at least 4 members (excludes halogenated alkanes) is 3. The first kappa shape index (κ1) is 26.8. The summed E-state index contributed by atoms with van der Waals surface area (Å²) >= 11 is 7.17. The van der Waals surface area contributed by atoms with Gasteiger partial charge in [0.15, 0.2) is 5.13 Å². The lowest BCUT2D eigenvalue weighted by molar-refractivity contribution is -0.120. The van der Waals surface area contributed by atoms with E-state index >= 15 is 0 Å². The molecule has 0 fully saturated rings. The molecule has 0 aliphatic rings. The Hall–Kier alpha value is -2.45. The smallest absolute Gasteiger partial charge is 0.254 e. The quantitative estimate of drug-likeness (QED) is 0.394. The Morgan fingerprint density at radius 2 is 1.82 bits per heavy atom. The summed E-state index contributed by atoms with van der Waals surface area (Å²) in [6.07, 6.45) is 4.59. The second-order valence-electron chi connectivity index (χ2n) is 8.37. The monoisotopic (exact) mass is 492 g/mol. The molecule has 0 radical (unpaired) electrons. The Bertz CT molecular complexity index is 915. The van der Waals surface area contributed by atoms with Crippen LogP contribution in [0.2, 0.25) is 5.02 Å². The number of halogens is 1. The van der Waals surface area contributed by atoms with E-state index in [-0.39, 0.29) is 36.6 Å². The third-order valence-corrected chi connectivity index (χ3v) is 5.85. The molecule has 0 aliphatic heterocycles. The highest BCUT2D eigenvalue weighted by Gasteiger charge is 2.20. The van der Waals surface area contributed by atoms with Crippen molar-refractivity contribution in [1.29, 1.82) is 0 Å². The molecule has 1 aromatic heterocycles. The molecule has 3 amide bonds. The number of hydrogen-bond donors (Lipinski definition) is 2. The van der Waals surface area contributed by atoms with E-state index < -0.39 is 0 Å². The number of benzene rings is 1. The van der Waals surface area contributed by atoms with E-state index in [1.807, 2.05) is 13.8 Å². The Labute approximate surface area is 204 Å². The third kappa shape index (κ3) is 9.92. The maximum Gasteiger partial charge on any atom is 0.254 e. The van der Waals surface area contributed by atoms with Crippen LogP contribution in [0.4, 0.5) is 5.13 Å². The van der Waals surface area contributed by atoms with Crippen molar-refractivity contribution in [3.8, 4) is 0 Å². The van der Waals surface area contributed by atoms with Gasteiger partial charge in [-0.05, 0) is 36.6 Å². The van der Waals surface area contributed by atoms with Crippen molar-refractivity contribution >= 4 is 45.8 Å². The molecule has 0 atom stereocenters. The number of nitrogens with zero attached hydrogens (tertiary/aromatic N) is 2. The molecule has 7 nitrogen and oxygen atoms in total. The highest BCUT2D eigenvalue weighted by molar-refractivity contribution is 7.13. The van der Waals surface area contributed by atoms with Crippen molar-refractivity contribution in [2.45, 2.75) is 52.9 Å². The lowest BCUT2D eigenvalue weighted by atomic mass is 10.1. The van der Waals surface area contributed by atoms with Crippen molar-refractivity contribution in [1.82, 2.24) is 15.2 Å². The predicted molar refractivity (Wildman–Crippen MR) is 134 cm³/mol. The van der Waals surface area contributed by atoms with Gasteiger partial charge in [0.05, 0.1) is 12.1 Å². The number of carbonyl (C=O) groups excluding carboxylic acids is 3.